The predicted octanol–water partition coefficient (Wildman–Crippen LogP) is 0.513. The van der Waals surface area contributed by atoms with Crippen molar-refractivity contribution in [3.63, 3.8) is 0 Å². The lowest BCUT2D eigenvalue weighted by Crippen LogP contribution is -2.64. The molecule has 8 N–H and O–H groups in total. The number of amides is 2. The van der Waals surface area contributed by atoms with E-state index >= 15 is 4.39 Å². The number of Topliss-reactive ketones (excluding diaryl/α,β-unsaturated/α-hetero) is 2. The number of hydrogen-bond donors (Lipinski definition) is 7. The van der Waals surface area contributed by atoms with Gasteiger partial charge in [0.1, 0.15) is 22.9 Å². The Hall–Kier alpha value is -3.81. The number of rotatable bonds is 6. The van der Waals surface area contributed by atoms with Gasteiger partial charge < -0.3 is 36.8 Å². The van der Waals surface area contributed by atoms with Gasteiger partial charge in [0, 0.05) is 29.0 Å². The number of ketones is 2. The van der Waals surface area contributed by atoms with E-state index in [9.17, 15) is 39.6 Å². The summed E-state index contributed by atoms with van der Waals surface area (Å²) >= 11 is 0. The van der Waals surface area contributed by atoms with Gasteiger partial charge in [-0.15, -0.1) is 0 Å². The Labute approximate surface area is 234 Å². The molecule has 0 fully saturated rings. The molecule has 3 aliphatic carbocycles. The summed E-state index contributed by atoms with van der Waals surface area (Å²) in [6.45, 7) is 4.46. The van der Waals surface area contributed by atoms with Gasteiger partial charge in [-0.05, 0) is 45.3 Å². The van der Waals surface area contributed by atoms with Crippen LogP contribution in [-0.2, 0) is 27.2 Å². The van der Waals surface area contributed by atoms with Crippen LogP contribution in [0.2, 0.25) is 0 Å². The number of aromatic hydroxyl groups is 1. The Balaban J connectivity index is 1.67. The first-order chi connectivity index (χ1) is 19.3. The van der Waals surface area contributed by atoms with E-state index in [0.717, 1.165) is 6.42 Å². The molecule has 0 saturated heterocycles. The molecule has 0 saturated carbocycles. The van der Waals surface area contributed by atoms with Crippen LogP contribution in [0.5, 0.6) is 5.75 Å². The van der Waals surface area contributed by atoms with E-state index in [-0.39, 0.29) is 36.1 Å². The normalized spacial score (nSPS) is 29.2. The summed E-state index contributed by atoms with van der Waals surface area (Å²) in [4.78, 5) is 53.6. The lowest BCUT2D eigenvalue weighted by Gasteiger charge is -2.50. The maximum Gasteiger partial charge on any atom is 0.255 e. The molecule has 12 nitrogen and oxygen atoms in total. The van der Waals surface area contributed by atoms with Crippen molar-refractivity contribution < 1.29 is 44.0 Å². The molecule has 13 heteroatoms. The van der Waals surface area contributed by atoms with E-state index in [1.54, 1.807) is 18.9 Å². The zero-order chi connectivity index (χ0) is 30.1. The summed E-state index contributed by atoms with van der Waals surface area (Å²) in [5.41, 5.74) is 0.467. The highest BCUT2D eigenvalue weighted by Crippen LogP contribution is 2.53. The fourth-order valence-electron chi connectivity index (χ4n) is 6.82. The summed E-state index contributed by atoms with van der Waals surface area (Å²) in [5, 5.41) is 50.7. The maximum absolute atomic E-state index is 16.1. The van der Waals surface area contributed by atoms with Crippen molar-refractivity contribution in [2.24, 2.45) is 17.6 Å². The summed E-state index contributed by atoms with van der Waals surface area (Å²) in [7, 11) is 1.58. The number of carbonyl (C=O) groups excluding carboxylic acids is 4. The first-order valence-electron chi connectivity index (χ1n) is 13.6. The van der Waals surface area contributed by atoms with Crippen molar-refractivity contribution in [2.75, 3.05) is 25.5 Å². The number of halogens is 1. The smallest absolute Gasteiger partial charge is 0.255 e. The fourth-order valence-corrected chi connectivity index (χ4v) is 6.82. The number of nitrogens with one attached hydrogen (secondary N) is 2. The second-order valence-corrected chi connectivity index (χ2v) is 11.1. The van der Waals surface area contributed by atoms with E-state index in [0.29, 0.717) is 13.1 Å². The van der Waals surface area contributed by atoms with Crippen LogP contribution in [0.15, 0.2) is 22.7 Å². The number of fused-ring (bicyclic) bond motifs is 4. The zero-order valence-corrected chi connectivity index (χ0v) is 22.9. The van der Waals surface area contributed by atoms with Crippen LogP contribution in [0.1, 0.15) is 48.2 Å². The number of anilines is 1. The minimum absolute atomic E-state index is 0.0364. The molecule has 0 spiro atoms. The summed E-state index contributed by atoms with van der Waals surface area (Å²) in [6.07, 6.45) is 0.353. The van der Waals surface area contributed by atoms with Gasteiger partial charge in [-0.1, -0.05) is 13.8 Å². The number of primary amides is 1. The van der Waals surface area contributed by atoms with Crippen LogP contribution < -0.4 is 16.4 Å². The Morgan fingerprint density at radius 3 is 2.46 bits per heavy atom. The molecular weight excluding hydrogens is 539 g/mol. The van der Waals surface area contributed by atoms with E-state index in [1.807, 2.05) is 6.92 Å². The predicted molar refractivity (Wildman–Crippen MR) is 143 cm³/mol. The van der Waals surface area contributed by atoms with E-state index in [2.05, 4.69) is 10.6 Å². The SMILES string of the molecule is CCCNC1Cc2c(F)c3c(c(O)c2NC1=O)C(=O)C1=C(O)C2(O)C(=O)C(C(N)=O)=C(O)[C@@H](N(C)CC)[C@@H]2C[C@@H]1C3. The van der Waals surface area contributed by atoms with Crippen LogP contribution in [0.4, 0.5) is 10.1 Å². The number of aliphatic hydroxyl groups excluding tert-OH is 2. The van der Waals surface area contributed by atoms with Crippen molar-refractivity contribution in [1.82, 2.24) is 10.2 Å². The van der Waals surface area contributed by atoms with Crippen molar-refractivity contribution in [3.8, 4) is 5.75 Å². The molecule has 2 unspecified atom stereocenters. The number of phenols is 1. The van der Waals surface area contributed by atoms with Crippen LogP contribution in [0.3, 0.4) is 0 Å². The van der Waals surface area contributed by atoms with E-state index < -0.39 is 92.7 Å². The van der Waals surface area contributed by atoms with Gasteiger partial charge in [0.15, 0.2) is 17.1 Å². The summed E-state index contributed by atoms with van der Waals surface area (Å²) in [6, 6.07) is -1.88. The average Bonchev–Trinajstić information content (AvgIpc) is 2.92. The van der Waals surface area contributed by atoms with Crippen molar-refractivity contribution in [2.45, 2.75) is 57.2 Å². The highest BCUT2D eigenvalue weighted by molar-refractivity contribution is 6.25. The van der Waals surface area contributed by atoms with Gasteiger partial charge >= 0.3 is 0 Å². The van der Waals surface area contributed by atoms with Crippen molar-refractivity contribution in [3.05, 3.63) is 45.2 Å². The Morgan fingerprint density at radius 2 is 1.85 bits per heavy atom. The molecule has 1 aromatic carbocycles. The number of benzene rings is 1. The second kappa shape index (κ2) is 9.93. The Morgan fingerprint density at radius 1 is 1.17 bits per heavy atom. The number of nitrogens with two attached hydrogens (primary N) is 1. The fraction of sp³-hybridized carbons (Fsp3) is 0.500. The third kappa shape index (κ3) is 3.90. The van der Waals surface area contributed by atoms with Crippen LogP contribution in [-0.4, -0.2) is 86.5 Å². The molecule has 5 atom stereocenters. The highest BCUT2D eigenvalue weighted by Gasteiger charge is 2.63. The monoisotopic (exact) mass is 572 g/mol. The first-order valence-corrected chi connectivity index (χ1v) is 13.6. The second-order valence-electron chi connectivity index (χ2n) is 11.1. The van der Waals surface area contributed by atoms with Gasteiger partial charge in [0.05, 0.1) is 23.3 Å². The standard InChI is InChI=1S/C28H33FN4O8/c1-4-6-31-14-9-12-18(29)11-7-10-8-13-20(33(3)5-2)23(36)17(26(30)39)25(38)28(13,41)24(37)15(10)21(34)16(11)22(35)19(12)32-27(14)40/h10,13-14,20,31,35-37,41H,4-9H2,1-3H3,(H2,30,39)(H,32,40)/t10-,13-,14?,20-,28?/m0/s1. The molecule has 5 rings (SSSR count). The van der Waals surface area contributed by atoms with Gasteiger partial charge in [-0.3, -0.25) is 24.1 Å². The number of likely N-dealkylation sites (N-methyl/N-ethyl adjacent to an activating group) is 1. The van der Waals surface area contributed by atoms with Crippen molar-refractivity contribution in [1.29, 1.82) is 0 Å². The van der Waals surface area contributed by atoms with Crippen LogP contribution in [0, 0.1) is 17.7 Å². The lowest BCUT2D eigenvalue weighted by molar-refractivity contribution is -0.148. The third-order valence-electron chi connectivity index (χ3n) is 8.95. The molecular formula is C28H33FN4O8. The van der Waals surface area contributed by atoms with E-state index in [4.69, 9.17) is 5.73 Å². The molecule has 0 aromatic heterocycles. The lowest BCUT2D eigenvalue weighted by atomic mass is 9.58. The maximum atomic E-state index is 16.1. The van der Waals surface area contributed by atoms with Gasteiger partial charge in [-0.2, -0.15) is 0 Å². The number of allylic oxidation sites excluding steroid dienone is 1. The number of aliphatic hydroxyl groups is 3. The molecule has 41 heavy (non-hydrogen) atoms. The molecule has 4 aliphatic rings. The molecule has 1 aromatic rings. The van der Waals surface area contributed by atoms with Gasteiger partial charge in [0.25, 0.3) is 5.91 Å². The summed E-state index contributed by atoms with van der Waals surface area (Å²) < 4.78 is 16.1. The Bertz CT molecular complexity index is 1470. The molecule has 0 radical (unpaired) electrons. The van der Waals surface area contributed by atoms with Crippen LogP contribution >= 0.6 is 0 Å². The Kier molecular flexibility index (Phi) is 6.95. The highest BCUT2D eigenvalue weighted by atomic mass is 19.1. The number of hydrogen-bond acceptors (Lipinski definition) is 10. The van der Waals surface area contributed by atoms with E-state index in [1.165, 1.54) is 0 Å². The molecule has 1 heterocycles. The first kappa shape index (κ1) is 28.7. The quantitative estimate of drug-likeness (QED) is 0.186. The third-order valence-corrected chi connectivity index (χ3v) is 8.95. The summed E-state index contributed by atoms with van der Waals surface area (Å²) in [5.74, 6) is -9.46. The minimum atomic E-state index is -2.79. The van der Waals surface area contributed by atoms with Gasteiger partial charge in [0.2, 0.25) is 11.7 Å². The van der Waals surface area contributed by atoms with Crippen LogP contribution in [0.25, 0.3) is 0 Å². The number of nitrogens with zero attached hydrogens (tertiary/aromatic N) is 1. The van der Waals surface area contributed by atoms with Gasteiger partial charge in [-0.25, -0.2) is 4.39 Å². The largest absolute Gasteiger partial charge is 0.510 e. The number of carbonyl (C=O) groups is 4. The average molecular weight is 573 g/mol. The molecule has 2 amide bonds. The minimum Gasteiger partial charge on any atom is -0.510 e. The topological polar surface area (TPSA) is 203 Å². The number of phenolic OH excluding ortho intramolecular Hbond substituents is 1. The molecule has 220 valence electrons. The molecule has 0 bridgehead atoms. The zero-order valence-electron chi connectivity index (χ0n) is 22.9. The molecule has 1 aliphatic heterocycles. The van der Waals surface area contributed by atoms with Crippen molar-refractivity contribution >= 4 is 29.1 Å².